The van der Waals surface area contributed by atoms with Crippen molar-refractivity contribution < 1.29 is 31.7 Å². The Hall–Kier alpha value is -4.06. The second-order valence-electron chi connectivity index (χ2n) is 8.41. The molecule has 0 N–H and O–H groups in total. The van der Waals surface area contributed by atoms with Crippen molar-refractivity contribution in [3.63, 3.8) is 0 Å². The van der Waals surface area contributed by atoms with Gasteiger partial charge in [-0.05, 0) is 54.6 Å². The highest BCUT2D eigenvalue weighted by molar-refractivity contribution is 7.90. The molecule has 0 radical (unpaired) electrons. The lowest BCUT2D eigenvalue weighted by atomic mass is 10.1. The van der Waals surface area contributed by atoms with Crippen molar-refractivity contribution in [2.24, 2.45) is 0 Å². The zero-order chi connectivity index (χ0) is 26.7. The van der Waals surface area contributed by atoms with Gasteiger partial charge < -0.3 is 14.5 Å². The van der Waals surface area contributed by atoms with Crippen LogP contribution in [0.3, 0.4) is 0 Å². The Morgan fingerprint density at radius 2 is 1.68 bits per heavy atom. The van der Waals surface area contributed by atoms with Crippen LogP contribution in [-0.2, 0) is 15.6 Å². The molecule has 1 saturated heterocycles. The smallest absolute Gasteiger partial charge is 0.288 e. The van der Waals surface area contributed by atoms with E-state index in [1.54, 1.807) is 7.11 Å². The van der Waals surface area contributed by atoms with Crippen LogP contribution >= 0.6 is 0 Å². The molecule has 0 aliphatic carbocycles. The molecule has 1 aliphatic heterocycles. The Labute approximate surface area is 211 Å². The third-order valence-electron chi connectivity index (χ3n) is 6.10. The van der Waals surface area contributed by atoms with Crippen LogP contribution in [-0.4, -0.2) is 57.4 Å². The van der Waals surface area contributed by atoms with Crippen molar-refractivity contribution in [3.8, 4) is 5.75 Å². The van der Waals surface area contributed by atoms with Gasteiger partial charge in [-0.25, -0.2) is 17.2 Å². The second kappa shape index (κ2) is 10.5. The quantitative estimate of drug-likeness (QED) is 0.337. The van der Waals surface area contributed by atoms with E-state index in [1.807, 2.05) is 24.3 Å². The lowest BCUT2D eigenvalue weighted by Crippen LogP contribution is -2.48. The van der Waals surface area contributed by atoms with E-state index in [2.05, 4.69) is 4.90 Å². The molecule has 3 aromatic rings. The number of nitro benzene ring substituents is 1. The molecule has 1 aliphatic rings. The van der Waals surface area contributed by atoms with E-state index in [9.17, 15) is 32.1 Å². The fraction of sp³-hybridized carbons (Fsp3) is 0.240. The van der Waals surface area contributed by atoms with Gasteiger partial charge in [0.15, 0.2) is 9.84 Å². The minimum atomic E-state index is -4.43. The maximum atomic E-state index is 14.0. The second-order valence-corrected chi connectivity index (χ2v) is 10.4. The first-order valence-corrected chi connectivity index (χ1v) is 12.9. The molecule has 3 aromatic carbocycles. The topological polar surface area (TPSA) is 110 Å². The van der Waals surface area contributed by atoms with Crippen LogP contribution in [0.15, 0.2) is 65.6 Å². The monoisotopic (exact) mass is 531 g/mol. The number of anilines is 1. The summed E-state index contributed by atoms with van der Waals surface area (Å²) >= 11 is 0. The molecule has 37 heavy (non-hydrogen) atoms. The highest BCUT2D eigenvalue weighted by atomic mass is 32.2. The molecule has 1 heterocycles. The Morgan fingerprint density at radius 1 is 1.00 bits per heavy atom. The van der Waals surface area contributed by atoms with Crippen LogP contribution in [0.25, 0.3) is 0 Å². The molecule has 0 atom stereocenters. The highest BCUT2D eigenvalue weighted by Crippen LogP contribution is 2.29. The number of ether oxygens (including phenoxy) is 1. The molecule has 0 aromatic heterocycles. The van der Waals surface area contributed by atoms with Gasteiger partial charge in [0.2, 0.25) is 0 Å². The average molecular weight is 532 g/mol. The molecule has 0 spiro atoms. The Bertz CT molecular complexity index is 1440. The number of nitro groups is 1. The Kier molecular flexibility index (Phi) is 7.39. The number of sulfone groups is 1. The predicted molar refractivity (Wildman–Crippen MR) is 131 cm³/mol. The molecule has 0 bridgehead atoms. The summed E-state index contributed by atoms with van der Waals surface area (Å²) in [6, 6.07) is 12.9. The van der Waals surface area contributed by atoms with Gasteiger partial charge in [0.25, 0.3) is 11.6 Å². The van der Waals surface area contributed by atoms with E-state index in [-0.39, 0.29) is 5.56 Å². The van der Waals surface area contributed by atoms with Crippen molar-refractivity contribution in [3.05, 3.63) is 93.5 Å². The molecular weight excluding hydrogens is 508 g/mol. The largest absolute Gasteiger partial charge is 0.497 e. The van der Waals surface area contributed by atoms with Gasteiger partial charge in [0.05, 0.1) is 17.8 Å². The Morgan fingerprint density at radius 3 is 2.30 bits per heavy atom. The van der Waals surface area contributed by atoms with Crippen molar-refractivity contribution in [1.29, 1.82) is 0 Å². The van der Waals surface area contributed by atoms with Crippen LogP contribution in [0.1, 0.15) is 15.9 Å². The maximum absolute atomic E-state index is 14.0. The number of nitrogens with zero attached hydrogens (tertiary/aromatic N) is 3. The van der Waals surface area contributed by atoms with Gasteiger partial charge in [0, 0.05) is 49.1 Å². The van der Waals surface area contributed by atoms with Crippen molar-refractivity contribution in [2.75, 3.05) is 38.2 Å². The van der Waals surface area contributed by atoms with Gasteiger partial charge in [0.1, 0.15) is 22.3 Å². The molecule has 9 nitrogen and oxygen atoms in total. The number of rotatable bonds is 7. The summed E-state index contributed by atoms with van der Waals surface area (Å²) in [7, 11) is -2.85. The third kappa shape index (κ3) is 5.69. The zero-order valence-corrected chi connectivity index (χ0v) is 20.6. The van der Waals surface area contributed by atoms with Gasteiger partial charge >= 0.3 is 0 Å². The molecule has 194 valence electrons. The van der Waals surface area contributed by atoms with Crippen LogP contribution in [0.2, 0.25) is 0 Å². The molecule has 4 rings (SSSR count). The number of halogens is 2. The van der Waals surface area contributed by atoms with E-state index >= 15 is 0 Å². The van der Waals surface area contributed by atoms with Crippen LogP contribution in [0, 0.1) is 21.7 Å². The van der Waals surface area contributed by atoms with Gasteiger partial charge in [-0.2, -0.15) is 0 Å². The number of methoxy groups -OCH3 is 1. The zero-order valence-electron chi connectivity index (χ0n) is 19.8. The minimum absolute atomic E-state index is 0.0412. The minimum Gasteiger partial charge on any atom is -0.497 e. The molecule has 1 fully saturated rings. The van der Waals surface area contributed by atoms with Gasteiger partial charge in [-0.3, -0.25) is 14.9 Å². The van der Waals surface area contributed by atoms with Crippen molar-refractivity contribution in [1.82, 2.24) is 4.90 Å². The number of carbonyl (C=O) groups is 1. The molecule has 0 saturated carbocycles. The van der Waals surface area contributed by atoms with Crippen LogP contribution in [0.4, 0.5) is 20.2 Å². The van der Waals surface area contributed by atoms with Crippen molar-refractivity contribution >= 4 is 27.1 Å². The summed E-state index contributed by atoms with van der Waals surface area (Å²) < 4.78 is 58.4. The number of hydrogen-bond donors (Lipinski definition) is 0. The summed E-state index contributed by atoms with van der Waals surface area (Å²) in [4.78, 5) is 26.8. The molecule has 0 unspecified atom stereocenters. The number of hydrogen-bond acceptors (Lipinski definition) is 7. The summed E-state index contributed by atoms with van der Waals surface area (Å²) in [5.74, 6) is -2.51. The summed E-state index contributed by atoms with van der Waals surface area (Å²) in [5.41, 5.74) is -0.336. The van der Waals surface area contributed by atoms with Crippen LogP contribution < -0.4 is 9.64 Å². The normalized spacial score (nSPS) is 13.9. The summed E-state index contributed by atoms with van der Waals surface area (Å²) in [6.45, 7) is 1.78. The highest BCUT2D eigenvalue weighted by Gasteiger charge is 2.30. The summed E-state index contributed by atoms with van der Waals surface area (Å²) in [6.07, 6.45) is 0. The first-order valence-electron chi connectivity index (χ1n) is 11.2. The molecular formula is C25H23F2N3O6S. The van der Waals surface area contributed by atoms with Crippen molar-refractivity contribution in [2.45, 2.75) is 10.6 Å². The van der Waals surface area contributed by atoms with E-state index in [0.29, 0.717) is 26.2 Å². The molecule has 12 heteroatoms. The van der Waals surface area contributed by atoms with E-state index in [1.165, 1.54) is 11.0 Å². The predicted octanol–water partition coefficient (Wildman–Crippen LogP) is 3.82. The Balaban J connectivity index is 1.52. The summed E-state index contributed by atoms with van der Waals surface area (Å²) in [5, 5.41) is 11.7. The molecule has 1 amide bonds. The number of amides is 1. The number of benzene rings is 3. The first-order chi connectivity index (χ1) is 17.6. The first kappa shape index (κ1) is 26.0. The average Bonchev–Trinajstić information content (AvgIpc) is 2.90. The SMILES string of the molecule is COc1ccc(N2CCN(C(=O)c3ccc(S(=O)(=O)Cc4cc(F)ccc4F)c([N+](=O)[O-])c3)CC2)cc1. The van der Waals surface area contributed by atoms with E-state index < -0.39 is 54.2 Å². The maximum Gasteiger partial charge on any atom is 0.288 e. The fourth-order valence-electron chi connectivity index (χ4n) is 4.14. The van der Waals surface area contributed by atoms with Gasteiger partial charge in [-0.1, -0.05) is 0 Å². The van der Waals surface area contributed by atoms with Crippen LogP contribution in [0.5, 0.6) is 5.75 Å². The van der Waals surface area contributed by atoms with E-state index in [4.69, 9.17) is 4.74 Å². The lowest BCUT2D eigenvalue weighted by Gasteiger charge is -2.36. The number of piperazine rings is 1. The van der Waals surface area contributed by atoms with Gasteiger partial charge in [-0.15, -0.1) is 0 Å². The number of carbonyl (C=O) groups excluding carboxylic acids is 1. The lowest BCUT2D eigenvalue weighted by molar-refractivity contribution is -0.387. The van der Waals surface area contributed by atoms with E-state index in [0.717, 1.165) is 41.8 Å². The third-order valence-corrected chi connectivity index (χ3v) is 7.80. The standard InChI is InChI=1S/C25H23F2N3O6S/c1-36-21-6-4-20(5-7-21)28-10-12-29(13-11-28)25(31)17-2-9-24(23(15-17)30(32)33)37(34,35)16-18-14-19(26)3-8-22(18)27/h2-9,14-15H,10-13,16H2,1H3. The fourth-order valence-corrected chi connectivity index (χ4v) is 5.65.